The summed E-state index contributed by atoms with van der Waals surface area (Å²) >= 11 is 6.23. The minimum atomic E-state index is -0.359. The summed E-state index contributed by atoms with van der Waals surface area (Å²) < 4.78 is 0. The van der Waals surface area contributed by atoms with Crippen molar-refractivity contribution < 1.29 is 9.59 Å². The lowest BCUT2D eigenvalue weighted by atomic mass is 10.1. The zero-order chi connectivity index (χ0) is 19.3. The number of rotatable bonds is 6. The highest BCUT2D eigenvalue weighted by molar-refractivity contribution is 6.34. The minimum Gasteiger partial charge on any atom is -0.336 e. The van der Waals surface area contributed by atoms with Crippen LogP contribution in [0.5, 0.6) is 0 Å². The number of nitrogens with zero attached hydrogens (tertiary/aromatic N) is 1. The van der Waals surface area contributed by atoms with E-state index >= 15 is 0 Å². The van der Waals surface area contributed by atoms with Crippen molar-refractivity contribution in [2.24, 2.45) is 0 Å². The van der Waals surface area contributed by atoms with Crippen LogP contribution in [0.1, 0.15) is 37.0 Å². The normalized spacial score (nSPS) is 10.7. The summed E-state index contributed by atoms with van der Waals surface area (Å²) in [7, 11) is 0. The van der Waals surface area contributed by atoms with E-state index in [1.165, 1.54) is 0 Å². The molecular formula is C21H25ClN2O2. The van der Waals surface area contributed by atoms with Crippen LogP contribution in [0.25, 0.3) is 0 Å². The van der Waals surface area contributed by atoms with Crippen molar-refractivity contribution in [2.75, 3.05) is 5.32 Å². The van der Waals surface area contributed by atoms with E-state index in [0.717, 1.165) is 16.7 Å². The van der Waals surface area contributed by atoms with Crippen molar-refractivity contribution in [3.05, 3.63) is 64.2 Å². The standard InChI is InChI=1S/C21H25ClN2O2/c1-14(2)24(13-17-8-6-5-7-9-17)20(26)12-19(25)23-21-16(4)10-15(3)11-18(21)22/h5-11,14H,12-13H2,1-4H3,(H,23,25). The number of hydrogen-bond acceptors (Lipinski definition) is 2. The van der Waals surface area contributed by atoms with Gasteiger partial charge in [-0.3, -0.25) is 9.59 Å². The highest BCUT2D eigenvalue weighted by Crippen LogP contribution is 2.27. The lowest BCUT2D eigenvalue weighted by molar-refractivity contribution is -0.136. The third-order valence-electron chi connectivity index (χ3n) is 4.15. The lowest BCUT2D eigenvalue weighted by Gasteiger charge is -2.27. The van der Waals surface area contributed by atoms with E-state index in [0.29, 0.717) is 17.3 Å². The molecule has 0 aliphatic carbocycles. The third kappa shape index (κ3) is 5.33. The second kappa shape index (κ2) is 8.86. The number of halogens is 1. The van der Waals surface area contributed by atoms with Crippen LogP contribution in [0.4, 0.5) is 5.69 Å². The Labute approximate surface area is 160 Å². The van der Waals surface area contributed by atoms with Gasteiger partial charge in [-0.05, 0) is 50.5 Å². The first-order valence-electron chi connectivity index (χ1n) is 8.68. The van der Waals surface area contributed by atoms with E-state index in [4.69, 9.17) is 11.6 Å². The number of carbonyl (C=O) groups excluding carboxylic acids is 2. The maximum absolute atomic E-state index is 12.6. The maximum atomic E-state index is 12.6. The number of hydrogen-bond donors (Lipinski definition) is 1. The van der Waals surface area contributed by atoms with Gasteiger partial charge in [-0.15, -0.1) is 0 Å². The first kappa shape index (κ1) is 20.0. The number of nitrogens with one attached hydrogen (secondary N) is 1. The van der Waals surface area contributed by atoms with Gasteiger partial charge >= 0.3 is 0 Å². The van der Waals surface area contributed by atoms with Gasteiger partial charge in [0.25, 0.3) is 0 Å². The van der Waals surface area contributed by atoms with Gasteiger partial charge in [-0.2, -0.15) is 0 Å². The Kier molecular flexibility index (Phi) is 6.81. The fraction of sp³-hybridized carbons (Fsp3) is 0.333. The molecule has 0 saturated carbocycles. The molecule has 5 heteroatoms. The van der Waals surface area contributed by atoms with Gasteiger partial charge in [0.05, 0.1) is 10.7 Å². The average molecular weight is 373 g/mol. The topological polar surface area (TPSA) is 49.4 Å². The molecule has 0 aromatic heterocycles. The van der Waals surface area contributed by atoms with Crippen LogP contribution >= 0.6 is 11.6 Å². The number of amides is 2. The Bertz CT molecular complexity index is 765. The zero-order valence-corrected chi connectivity index (χ0v) is 16.4. The number of carbonyl (C=O) groups is 2. The smallest absolute Gasteiger partial charge is 0.233 e. The van der Waals surface area contributed by atoms with Crippen molar-refractivity contribution in [1.82, 2.24) is 4.90 Å². The molecule has 2 aromatic rings. The van der Waals surface area contributed by atoms with E-state index in [-0.39, 0.29) is 24.3 Å². The first-order chi connectivity index (χ1) is 12.3. The van der Waals surface area contributed by atoms with Gasteiger partial charge in [0.1, 0.15) is 6.42 Å². The monoisotopic (exact) mass is 372 g/mol. The predicted octanol–water partition coefficient (Wildman–Crippen LogP) is 4.72. The molecule has 138 valence electrons. The molecular weight excluding hydrogens is 348 g/mol. The summed E-state index contributed by atoms with van der Waals surface area (Å²) in [6.07, 6.45) is -0.214. The second-order valence-electron chi connectivity index (χ2n) is 6.76. The lowest BCUT2D eigenvalue weighted by Crippen LogP contribution is -2.38. The summed E-state index contributed by atoms with van der Waals surface area (Å²) in [6, 6.07) is 13.5. The zero-order valence-electron chi connectivity index (χ0n) is 15.7. The SMILES string of the molecule is Cc1cc(C)c(NC(=O)CC(=O)N(Cc2ccccc2)C(C)C)c(Cl)c1. The summed E-state index contributed by atoms with van der Waals surface area (Å²) in [5, 5.41) is 3.26. The molecule has 4 nitrogen and oxygen atoms in total. The molecule has 1 N–H and O–H groups in total. The van der Waals surface area contributed by atoms with Gasteiger partial charge < -0.3 is 10.2 Å². The van der Waals surface area contributed by atoms with Crippen LogP contribution in [0.2, 0.25) is 5.02 Å². The van der Waals surface area contributed by atoms with Crippen LogP contribution in [0, 0.1) is 13.8 Å². The van der Waals surface area contributed by atoms with Crippen molar-refractivity contribution in [3.63, 3.8) is 0 Å². The Hall–Kier alpha value is -2.33. The van der Waals surface area contributed by atoms with E-state index < -0.39 is 0 Å². The molecule has 26 heavy (non-hydrogen) atoms. The Morgan fingerprint density at radius 2 is 1.77 bits per heavy atom. The van der Waals surface area contributed by atoms with Gasteiger partial charge in [0.15, 0.2) is 0 Å². The number of benzene rings is 2. The van der Waals surface area contributed by atoms with Crippen LogP contribution in [-0.4, -0.2) is 22.8 Å². The predicted molar refractivity (Wildman–Crippen MR) is 106 cm³/mol. The average Bonchev–Trinajstić information content (AvgIpc) is 2.56. The molecule has 0 fully saturated rings. The van der Waals surface area contributed by atoms with Crippen molar-refractivity contribution in [3.8, 4) is 0 Å². The van der Waals surface area contributed by atoms with Gasteiger partial charge in [-0.1, -0.05) is 48.0 Å². The van der Waals surface area contributed by atoms with Gasteiger partial charge in [0, 0.05) is 12.6 Å². The molecule has 0 bridgehead atoms. The van der Waals surface area contributed by atoms with Crippen LogP contribution < -0.4 is 5.32 Å². The largest absolute Gasteiger partial charge is 0.336 e. The molecule has 0 radical (unpaired) electrons. The minimum absolute atomic E-state index is 0.000190. The van der Waals surface area contributed by atoms with Gasteiger partial charge in [0.2, 0.25) is 11.8 Å². The summed E-state index contributed by atoms with van der Waals surface area (Å²) in [5.74, 6) is -0.565. The quantitative estimate of drug-likeness (QED) is 0.745. The Morgan fingerprint density at radius 3 is 2.35 bits per heavy atom. The summed E-state index contributed by atoms with van der Waals surface area (Å²) in [6.45, 7) is 8.19. The van der Waals surface area contributed by atoms with Crippen molar-refractivity contribution in [1.29, 1.82) is 0 Å². The van der Waals surface area contributed by atoms with Crippen molar-refractivity contribution >= 4 is 29.1 Å². The Balaban J connectivity index is 2.06. The van der Waals surface area contributed by atoms with Crippen LogP contribution in [-0.2, 0) is 16.1 Å². The van der Waals surface area contributed by atoms with E-state index in [1.54, 1.807) is 11.0 Å². The molecule has 2 aromatic carbocycles. The molecule has 2 rings (SSSR count). The summed E-state index contributed by atoms with van der Waals surface area (Å²) in [5.41, 5.74) is 3.50. The van der Waals surface area contributed by atoms with E-state index in [1.807, 2.05) is 64.1 Å². The fourth-order valence-corrected chi connectivity index (χ4v) is 3.20. The highest BCUT2D eigenvalue weighted by atomic mass is 35.5. The number of anilines is 1. The fourth-order valence-electron chi connectivity index (χ4n) is 2.84. The van der Waals surface area contributed by atoms with Gasteiger partial charge in [-0.25, -0.2) is 0 Å². The van der Waals surface area contributed by atoms with E-state index in [9.17, 15) is 9.59 Å². The molecule has 0 spiro atoms. The highest BCUT2D eigenvalue weighted by Gasteiger charge is 2.21. The summed E-state index contributed by atoms with van der Waals surface area (Å²) in [4.78, 5) is 26.7. The first-order valence-corrected chi connectivity index (χ1v) is 9.05. The third-order valence-corrected chi connectivity index (χ3v) is 4.45. The maximum Gasteiger partial charge on any atom is 0.233 e. The molecule has 0 aliphatic heterocycles. The molecule has 2 amide bonds. The Morgan fingerprint density at radius 1 is 1.12 bits per heavy atom. The van der Waals surface area contributed by atoms with E-state index in [2.05, 4.69) is 5.32 Å². The molecule has 0 aliphatic rings. The van der Waals surface area contributed by atoms with Crippen LogP contribution in [0.3, 0.4) is 0 Å². The molecule has 0 unspecified atom stereocenters. The van der Waals surface area contributed by atoms with Crippen LogP contribution in [0.15, 0.2) is 42.5 Å². The molecule has 0 atom stereocenters. The molecule has 0 heterocycles. The number of aryl methyl sites for hydroxylation is 2. The van der Waals surface area contributed by atoms with Crippen molar-refractivity contribution in [2.45, 2.75) is 46.7 Å². The second-order valence-corrected chi connectivity index (χ2v) is 7.17. The molecule has 0 saturated heterocycles.